The minimum absolute atomic E-state index is 0.404. The number of hydrogen-bond acceptors (Lipinski definition) is 4. The Labute approximate surface area is 153 Å². The van der Waals surface area contributed by atoms with Gasteiger partial charge in [0.2, 0.25) is 5.88 Å². The molecule has 0 aliphatic heterocycles. The lowest BCUT2D eigenvalue weighted by Gasteiger charge is -2.11. The second-order valence-electron chi connectivity index (χ2n) is 6.15. The van der Waals surface area contributed by atoms with Gasteiger partial charge in [0.1, 0.15) is 5.75 Å². The molecule has 0 spiro atoms. The Kier molecular flexibility index (Phi) is 5.07. The van der Waals surface area contributed by atoms with Crippen molar-refractivity contribution in [1.29, 1.82) is 0 Å². The molecule has 0 saturated carbocycles. The second kappa shape index (κ2) is 7.44. The Morgan fingerprint density at radius 2 is 1.92 bits per heavy atom. The zero-order valence-corrected chi connectivity index (χ0v) is 15.4. The van der Waals surface area contributed by atoms with Crippen LogP contribution in [0.15, 0.2) is 48.5 Å². The summed E-state index contributed by atoms with van der Waals surface area (Å²) in [6, 6.07) is 14.8. The van der Waals surface area contributed by atoms with Crippen LogP contribution in [0.4, 0.5) is 0 Å². The van der Waals surface area contributed by atoms with E-state index in [-0.39, 0.29) is 0 Å². The van der Waals surface area contributed by atoms with Gasteiger partial charge in [-0.25, -0.2) is 9.48 Å². The molecule has 1 heterocycles. The van der Waals surface area contributed by atoms with Crippen molar-refractivity contribution in [2.24, 2.45) is 0 Å². The number of nitrogens with zero attached hydrogens (tertiary/aromatic N) is 2. The van der Waals surface area contributed by atoms with Gasteiger partial charge in [-0.1, -0.05) is 30.7 Å². The van der Waals surface area contributed by atoms with Gasteiger partial charge in [-0.05, 0) is 50.1 Å². The predicted octanol–water partition coefficient (Wildman–Crippen LogP) is 4.28. The summed E-state index contributed by atoms with van der Waals surface area (Å²) in [6.45, 7) is 6.08. The molecule has 3 rings (SSSR count). The minimum Gasteiger partial charge on any atom is -0.497 e. The third kappa shape index (κ3) is 3.61. The van der Waals surface area contributed by atoms with Crippen molar-refractivity contribution in [3.8, 4) is 17.3 Å². The number of benzene rings is 2. The second-order valence-corrected chi connectivity index (χ2v) is 6.15. The molecule has 0 N–H and O–H groups in total. The SMILES string of the molecule is CCc1cc(OC(=O)c2cccc(OC)c2)n(-c2ccc(C)cc2C)n1. The van der Waals surface area contributed by atoms with Crippen LogP contribution >= 0.6 is 0 Å². The summed E-state index contributed by atoms with van der Waals surface area (Å²) in [4.78, 5) is 12.6. The molecule has 3 aromatic rings. The highest BCUT2D eigenvalue weighted by Gasteiger charge is 2.17. The predicted molar refractivity (Wildman–Crippen MR) is 100 cm³/mol. The molecule has 0 radical (unpaired) electrons. The summed E-state index contributed by atoms with van der Waals surface area (Å²) in [5, 5.41) is 4.58. The van der Waals surface area contributed by atoms with E-state index >= 15 is 0 Å². The molecule has 26 heavy (non-hydrogen) atoms. The molecule has 0 bridgehead atoms. The third-order valence-corrected chi connectivity index (χ3v) is 4.17. The molecule has 0 amide bonds. The molecule has 2 aromatic carbocycles. The van der Waals surface area contributed by atoms with Gasteiger partial charge in [0.25, 0.3) is 0 Å². The van der Waals surface area contributed by atoms with Crippen LogP contribution in [0, 0.1) is 13.8 Å². The van der Waals surface area contributed by atoms with Crippen LogP contribution < -0.4 is 9.47 Å². The minimum atomic E-state index is -0.447. The fourth-order valence-corrected chi connectivity index (χ4v) is 2.78. The van der Waals surface area contributed by atoms with Crippen molar-refractivity contribution >= 4 is 5.97 Å². The smallest absolute Gasteiger partial charge is 0.344 e. The van der Waals surface area contributed by atoms with E-state index in [2.05, 4.69) is 11.2 Å². The highest BCUT2D eigenvalue weighted by molar-refractivity contribution is 5.91. The lowest BCUT2D eigenvalue weighted by Crippen LogP contribution is -2.12. The Morgan fingerprint density at radius 1 is 1.12 bits per heavy atom. The average Bonchev–Trinajstić information content (AvgIpc) is 3.04. The molecular formula is C21H22N2O3. The van der Waals surface area contributed by atoms with Crippen molar-refractivity contribution < 1.29 is 14.3 Å². The molecule has 5 nitrogen and oxygen atoms in total. The summed E-state index contributed by atoms with van der Waals surface area (Å²) in [5.74, 6) is 0.565. The number of rotatable bonds is 5. The molecule has 0 atom stereocenters. The first-order valence-electron chi connectivity index (χ1n) is 8.54. The van der Waals surface area contributed by atoms with Crippen molar-refractivity contribution in [2.75, 3.05) is 7.11 Å². The van der Waals surface area contributed by atoms with Crippen LogP contribution in [0.2, 0.25) is 0 Å². The molecule has 5 heteroatoms. The fourth-order valence-electron chi connectivity index (χ4n) is 2.78. The number of carbonyl (C=O) groups is 1. The van der Waals surface area contributed by atoms with Gasteiger partial charge in [-0.15, -0.1) is 0 Å². The maximum absolute atomic E-state index is 12.6. The number of aryl methyl sites for hydroxylation is 3. The van der Waals surface area contributed by atoms with Gasteiger partial charge < -0.3 is 9.47 Å². The first kappa shape index (κ1) is 17.7. The van der Waals surface area contributed by atoms with E-state index in [4.69, 9.17) is 9.47 Å². The van der Waals surface area contributed by atoms with Gasteiger partial charge >= 0.3 is 5.97 Å². The number of aromatic nitrogens is 2. The van der Waals surface area contributed by atoms with Crippen LogP contribution in [0.3, 0.4) is 0 Å². The number of carbonyl (C=O) groups excluding carboxylic acids is 1. The van der Waals surface area contributed by atoms with E-state index in [0.717, 1.165) is 23.4 Å². The van der Waals surface area contributed by atoms with Crippen molar-refractivity contribution in [3.63, 3.8) is 0 Å². The fraction of sp³-hybridized carbons (Fsp3) is 0.238. The van der Waals surface area contributed by atoms with E-state index in [9.17, 15) is 4.79 Å². The van der Waals surface area contributed by atoms with Crippen LogP contribution in [0.1, 0.15) is 34.1 Å². The number of esters is 1. The Balaban J connectivity index is 1.97. The van der Waals surface area contributed by atoms with Crippen molar-refractivity contribution in [3.05, 3.63) is 70.9 Å². The number of hydrogen-bond donors (Lipinski definition) is 0. The van der Waals surface area contributed by atoms with Crippen LogP contribution in [0.5, 0.6) is 11.6 Å². The van der Waals surface area contributed by atoms with E-state index < -0.39 is 5.97 Å². The van der Waals surface area contributed by atoms with Gasteiger partial charge in [0.05, 0.1) is 24.1 Å². The summed E-state index contributed by atoms with van der Waals surface area (Å²) < 4.78 is 12.5. The summed E-state index contributed by atoms with van der Waals surface area (Å²) >= 11 is 0. The maximum Gasteiger partial charge on any atom is 0.344 e. The average molecular weight is 350 g/mol. The highest BCUT2D eigenvalue weighted by atomic mass is 16.5. The monoisotopic (exact) mass is 350 g/mol. The summed E-state index contributed by atoms with van der Waals surface area (Å²) in [5.41, 5.74) is 4.41. The van der Waals surface area contributed by atoms with Crippen LogP contribution in [0.25, 0.3) is 5.69 Å². The Bertz CT molecular complexity index is 944. The van der Waals surface area contributed by atoms with E-state index in [1.807, 2.05) is 32.9 Å². The zero-order chi connectivity index (χ0) is 18.7. The molecule has 1 aromatic heterocycles. The Hall–Kier alpha value is -3.08. The first-order valence-corrected chi connectivity index (χ1v) is 8.54. The lowest BCUT2D eigenvalue weighted by molar-refractivity contribution is 0.0722. The summed E-state index contributed by atoms with van der Waals surface area (Å²) in [6.07, 6.45) is 0.752. The maximum atomic E-state index is 12.6. The summed E-state index contributed by atoms with van der Waals surface area (Å²) in [7, 11) is 1.56. The standard InChI is InChI=1S/C21H22N2O3/c1-5-17-13-20(23(22-17)19-10-9-14(2)11-15(19)3)26-21(24)16-7-6-8-18(12-16)25-4/h6-13H,5H2,1-4H3. The number of ether oxygens (including phenoxy) is 2. The molecule has 134 valence electrons. The largest absolute Gasteiger partial charge is 0.497 e. The number of methoxy groups -OCH3 is 1. The van der Waals surface area contributed by atoms with E-state index in [1.165, 1.54) is 5.56 Å². The van der Waals surface area contributed by atoms with E-state index in [1.54, 1.807) is 42.1 Å². The third-order valence-electron chi connectivity index (χ3n) is 4.17. The van der Waals surface area contributed by atoms with Crippen molar-refractivity contribution in [2.45, 2.75) is 27.2 Å². The first-order chi connectivity index (χ1) is 12.5. The molecular weight excluding hydrogens is 328 g/mol. The highest BCUT2D eigenvalue weighted by Crippen LogP contribution is 2.24. The van der Waals surface area contributed by atoms with E-state index in [0.29, 0.717) is 17.2 Å². The van der Waals surface area contributed by atoms with Crippen LogP contribution in [-0.2, 0) is 6.42 Å². The Morgan fingerprint density at radius 3 is 2.62 bits per heavy atom. The normalized spacial score (nSPS) is 10.6. The van der Waals surface area contributed by atoms with Gasteiger partial charge in [-0.2, -0.15) is 5.10 Å². The van der Waals surface area contributed by atoms with Gasteiger partial charge in [-0.3, -0.25) is 0 Å². The molecule has 0 fully saturated rings. The van der Waals surface area contributed by atoms with Gasteiger partial charge in [0.15, 0.2) is 0 Å². The quantitative estimate of drug-likeness (QED) is 0.645. The molecule has 0 aliphatic carbocycles. The van der Waals surface area contributed by atoms with Crippen LogP contribution in [-0.4, -0.2) is 22.9 Å². The molecule has 0 aliphatic rings. The lowest BCUT2D eigenvalue weighted by atomic mass is 10.1. The molecule has 0 unspecified atom stereocenters. The van der Waals surface area contributed by atoms with Gasteiger partial charge in [0, 0.05) is 6.07 Å². The van der Waals surface area contributed by atoms with Crippen molar-refractivity contribution in [1.82, 2.24) is 9.78 Å². The molecule has 0 saturated heterocycles. The zero-order valence-electron chi connectivity index (χ0n) is 15.4. The topological polar surface area (TPSA) is 53.4 Å².